The van der Waals surface area contributed by atoms with Crippen molar-refractivity contribution in [2.75, 3.05) is 11.9 Å². The van der Waals surface area contributed by atoms with Crippen molar-refractivity contribution in [3.05, 3.63) is 59.9 Å². The molecule has 1 aliphatic heterocycles. The monoisotopic (exact) mass is 349 g/mol. The SMILES string of the molecule is O=C(CCCc1ccccc1)Nc1ccc2nc([C@H]3CCCO3)[nH]c2c1. The molecule has 1 amide bonds. The minimum atomic E-state index is 0.0409. The lowest BCUT2D eigenvalue weighted by molar-refractivity contribution is -0.116. The fourth-order valence-electron chi connectivity index (χ4n) is 3.37. The highest BCUT2D eigenvalue weighted by Crippen LogP contribution is 2.28. The molecule has 3 aromatic rings. The van der Waals surface area contributed by atoms with Crippen LogP contribution in [-0.4, -0.2) is 22.5 Å². The van der Waals surface area contributed by atoms with Crippen LogP contribution in [0, 0.1) is 0 Å². The number of nitrogens with zero attached hydrogens (tertiary/aromatic N) is 1. The summed E-state index contributed by atoms with van der Waals surface area (Å²) in [6.45, 7) is 0.798. The molecule has 134 valence electrons. The van der Waals surface area contributed by atoms with E-state index in [0.717, 1.165) is 54.8 Å². The minimum absolute atomic E-state index is 0.0409. The first kappa shape index (κ1) is 16.8. The second kappa shape index (κ2) is 7.70. The number of hydrogen-bond donors (Lipinski definition) is 2. The molecule has 1 aliphatic rings. The molecule has 2 N–H and O–H groups in total. The first-order valence-corrected chi connectivity index (χ1v) is 9.23. The number of carbonyl (C=O) groups excluding carboxylic acids is 1. The van der Waals surface area contributed by atoms with Crippen LogP contribution in [0.4, 0.5) is 5.69 Å². The van der Waals surface area contributed by atoms with E-state index in [9.17, 15) is 4.79 Å². The molecule has 1 fully saturated rings. The van der Waals surface area contributed by atoms with Gasteiger partial charge in [0, 0.05) is 18.7 Å². The molecule has 0 bridgehead atoms. The highest BCUT2D eigenvalue weighted by molar-refractivity contribution is 5.93. The molecule has 1 atom stereocenters. The molecule has 2 heterocycles. The van der Waals surface area contributed by atoms with Gasteiger partial charge in [-0.05, 0) is 49.4 Å². The lowest BCUT2D eigenvalue weighted by Crippen LogP contribution is -2.11. The predicted molar refractivity (Wildman–Crippen MR) is 102 cm³/mol. The summed E-state index contributed by atoms with van der Waals surface area (Å²) in [5.74, 6) is 0.919. The number of hydrogen-bond acceptors (Lipinski definition) is 3. The van der Waals surface area contributed by atoms with E-state index in [1.165, 1.54) is 5.56 Å². The molecular weight excluding hydrogens is 326 g/mol. The molecule has 0 radical (unpaired) electrons. The van der Waals surface area contributed by atoms with Crippen LogP contribution in [0.2, 0.25) is 0 Å². The summed E-state index contributed by atoms with van der Waals surface area (Å²) in [7, 11) is 0. The minimum Gasteiger partial charge on any atom is -0.370 e. The zero-order valence-corrected chi connectivity index (χ0v) is 14.7. The van der Waals surface area contributed by atoms with Gasteiger partial charge in [0.2, 0.25) is 5.91 Å². The Balaban J connectivity index is 1.35. The summed E-state index contributed by atoms with van der Waals surface area (Å²) in [6.07, 6.45) is 4.41. The Kier molecular flexibility index (Phi) is 4.97. The van der Waals surface area contributed by atoms with Gasteiger partial charge in [0.05, 0.1) is 11.0 Å². The van der Waals surface area contributed by atoms with Gasteiger partial charge >= 0.3 is 0 Å². The standard InChI is InChI=1S/C21H23N3O2/c25-20(10-4-8-15-6-2-1-3-7-15)22-16-11-12-17-18(14-16)24-21(23-17)19-9-5-13-26-19/h1-3,6-7,11-12,14,19H,4-5,8-10,13H2,(H,22,25)(H,23,24)/t19-/m1/s1. The number of H-pyrrole nitrogens is 1. The normalized spacial score (nSPS) is 16.8. The summed E-state index contributed by atoms with van der Waals surface area (Å²) < 4.78 is 5.68. The number of amides is 1. The number of rotatable bonds is 6. The summed E-state index contributed by atoms with van der Waals surface area (Å²) in [5.41, 5.74) is 3.89. The van der Waals surface area contributed by atoms with E-state index in [-0.39, 0.29) is 12.0 Å². The van der Waals surface area contributed by atoms with Crippen molar-refractivity contribution in [3.8, 4) is 0 Å². The Morgan fingerprint density at radius 2 is 2.12 bits per heavy atom. The van der Waals surface area contributed by atoms with Gasteiger partial charge in [-0.15, -0.1) is 0 Å². The van der Waals surface area contributed by atoms with Crippen LogP contribution in [-0.2, 0) is 16.0 Å². The average Bonchev–Trinajstić information content (AvgIpc) is 3.31. The predicted octanol–water partition coefficient (Wildman–Crippen LogP) is 4.38. The fourth-order valence-corrected chi connectivity index (χ4v) is 3.37. The molecular formula is C21H23N3O2. The van der Waals surface area contributed by atoms with Gasteiger partial charge in [-0.3, -0.25) is 4.79 Å². The number of aromatic nitrogens is 2. The molecule has 26 heavy (non-hydrogen) atoms. The molecule has 0 aliphatic carbocycles. The van der Waals surface area contributed by atoms with E-state index in [1.54, 1.807) is 0 Å². The number of aromatic amines is 1. The van der Waals surface area contributed by atoms with Gasteiger partial charge in [-0.2, -0.15) is 0 Å². The highest BCUT2D eigenvalue weighted by atomic mass is 16.5. The average molecular weight is 349 g/mol. The second-order valence-electron chi connectivity index (χ2n) is 6.74. The van der Waals surface area contributed by atoms with E-state index in [1.807, 2.05) is 36.4 Å². The van der Waals surface area contributed by atoms with Crippen LogP contribution < -0.4 is 5.32 Å². The lowest BCUT2D eigenvalue weighted by Gasteiger charge is -2.05. The largest absolute Gasteiger partial charge is 0.370 e. The zero-order chi connectivity index (χ0) is 17.8. The summed E-state index contributed by atoms with van der Waals surface area (Å²) in [4.78, 5) is 20.1. The van der Waals surface area contributed by atoms with Gasteiger partial charge in [0.15, 0.2) is 0 Å². The van der Waals surface area contributed by atoms with Crippen LogP contribution in [0.15, 0.2) is 48.5 Å². The number of fused-ring (bicyclic) bond motifs is 1. The van der Waals surface area contributed by atoms with Crippen LogP contribution in [0.25, 0.3) is 11.0 Å². The number of nitrogens with one attached hydrogen (secondary N) is 2. The van der Waals surface area contributed by atoms with E-state index < -0.39 is 0 Å². The quantitative estimate of drug-likeness (QED) is 0.694. The van der Waals surface area contributed by atoms with Crippen molar-refractivity contribution < 1.29 is 9.53 Å². The number of aryl methyl sites for hydroxylation is 1. The van der Waals surface area contributed by atoms with Crippen LogP contribution in [0.5, 0.6) is 0 Å². The smallest absolute Gasteiger partial charge is 0.224 e. The summed E-state index contributed by atoms with van der Waals surface area (Å²) >= 11 is 0. The zero-order valence-electron chi connectivity index (χ0n) is 14.7. The van der Waals surface area contributed by atoms with Gasteiger partial charge < -0.3 is 15.0 Å². The van der Waals surface area contributed by atoms with Gasteiger partial charge in [-0.25, -0.2) is 4.98 Å². The highest BCUT2D eigenvalue weighted by Gasteiger charge is 2.21. The maximum Gasteiger partial charge on any atom is 0.224 e. The topological polar surface area (TPSA) is 67.0 Å². The van der Waals surface area contributed by atoms with Crippen LogP contribution in [0.3, 0.4) is 0 Å². The van der Waals surface area contributed by atoms with E-state index >= 15 is 0 Å². The van der Waals surface area contributed by atoms with Crippen molar-refractivity contribution in [1.29, 1.82) is 0 Å². The molecule has 5 nitrogen and oxygen atoms in total. The first-order chi connectivity index (χ1) is 12.8. The number of anilines is 1. The van der Waals surface area contributed by atoms with E-state index in [2.05, 4.69) is 27.4 Å². The molecule has 1 saturated heterocycles. The third kappa shape index (κ3) is 3.94. The molecule has 0 saturated carbocycles. The summed E-state index contributed by atoms with van der Waals surface area (Å²) in [6, 6.07) is 16.0. The van der Waals surface area contributed by atoms with Crippen molar-refractivity contribution >= 4 is 22.6 Å². The molecule has 0 unspecified atom stereocenters. The Morgan fingerprint density at radius 1 is 1.23 bits per heavy atom. The van der Waals surface area contributed by atoms with Gasteiger partial charge in [0.1, 0.15) is 11.9 Å². The molecule has 4 rings (SSSR count). The third-order valence-corrected chi connectivity index (χ3v) is 4.73. The third-order valence-electron chi connectivity index (χ3n) is 4.73. The van der Waals surface area contributed by atoms with Crippen molar-refractivity contribution in [1.82, 2.24) is 9.97 Å². The number of ether oxygens (including phenoxy) is 1. The van der Waals surface area contributed by atoms with Gasteiger partial charge in [0.25, 0.3) is 0 Å². The Morgan fingerprint density at radius 3 is 2.92 bits per heavy atom. The van der Waals surface area contributed by atoms with E-state index in [0.29, 0.717) is 6.42 Å². The van der Waals surface area contributed by atoms with E-state index in [4.69, 9.17) is 4.74 Å². The Labute approximate surface area is 152 Å². The van der Waals surface area contributed by atoms with Crippen LogP contribution >= 0.6 is 0 Å². The number of benzene rings is 2. The maximum atomic E-state index is 12.2. The van der Waals surface area contributed by atoms with Crippen LogP contribution in [0.1, 0.15) is 43.2 Å². The van der Waals surface area contributed by atoms with Crippen molar-refractivity contribution in [2.24, 2.45) is 0 Å². The molecule has 2 aromatic carbocycles. The Bertz CT molecular complexity index is 883. The Hall–Kier alpha value is -2.66. The lowest BCUT2D eigenvalue weighted by atomic mass is 10.1. The summed E-state index contributed by atoms with van der Waals surface area (Å²) in [5, 5.41) is 2.98. The number of imidazole rings is 1. The van der Waals surface area contributed by atoms with Crippen molar-refractivity contribution in [3.63, 3.8) is 0 Å². The fraction of sp³-hybridized carbons (Fsp3) is 0.333. The molecule has 0 spiro atoms. The molecule has 5 heteroatoms. The molecule has 1 aromatic heterocycles. The van der Waals surface area contributed by atoms with Crippen molar-refractivity contribution in [2.45, 2.75) is 38.2 Å². The first-order valence-electron chi connectivity index (χ1n) is 9.23. The maximum absolute atomic E-state index is 12.2. The van der Waals surface area contributed by atoms with Gasteiger partial charge in [-0.1, -0.05) is 30.3 Å². The number of carbonyl (C=O) groups is 1. The second-order valence-corrected chi connectivity index (χ2v) is 6.74.